The predicted octanol–water partition coefficient (Wildman–Crippen LogP) is 5.77. The molecule has 0 atom stereocenters. The normalized spacial score (nSPS) is 11.2. The van der Waals surface area contributed by atoms with Crippen molar-refractivity contribution in [1.29, 1.82) is 0 Å². The first kappa shape index (κ1) is 21.2. The molecule has 0 bridgehead atoms. The Morgan fingerprint density at radius 1 is 1.15 bits per heavy atom. The number of fused-ring (bicyclic) bond motifs is 2. The van der Waals surface area contributed by atoms with E-state index >= 15 is 0 Å². The number of hydrogen-bond acceptors (Lipinski definition) is 6. The molecule has 1 amide bonds. The maximum absolute atomic E-state index is 14.4. The number of carbonyl (C=O) groups is 1. The lowest BCUT2D eigenvalue weighted by atomic mass is 10.00. The van der Waals surface area contributed by atoms with Crippen LogP contribution in [0.1, 0.15) is 27.2 Å². The number of halogens is 2. The van der Waals surface area contributed by atoms with E-state index in [9.17, 15) is 9.18 Å². The van der Waals surface area contributed by atoms with Gasteiger partial charge in [-0.05, 0) is 36.2 Å². The van der Waals surface area contributed by atoms with Gasteiger partial charge in [0, 0.05) is 33.8 Å². The number of nitrogen functional groups attached to an aromatic ring is 1. The van der Waals surface area contributed by atoms with Gasteiger partial charge in [-0.1, -0.05) is 29.8 Å². The molecule has 5 aromatic rings. The van der Waals surface area contributed by atoms with Gasteiger partial charge in [0.25, 0.3) is 5.91 Å². The third-order valence-corrected chi connectivity index (χ3v) is 6.70. The summed E-state index contributed by atoms with van der Waals surface area (Å²) < 4.78 is 15.1. The van der Waals surface area contributed by atoms with Crippen LogP contribution >= 0.6 is 22.9 Å². The molecule has 3 N–H and O–H groups in total. The highest BCUT2D eigenvalue weighted by atomic mass is 35.5. The second kappa shape index (κ2) is 8.38. The lowest BCUT2D eigenvalue weighted by molar-refractivity contribution is 0.102. The molecule has 0 spiro atoms. The summed E-state index contributed by atoms with van der Waals surface area (Å²) >= 11 is 7.21. The van der Waals surface area contributed by atoms with E-state index in [4.69, 9.17) is 17.3 Å². The summed E-state index contributed by atoms with van der Waals surface area (Å²) in [6.45, 7) is 1.92. The molecule has 33 heavy (non-hydrogen) atoms. The fourth-order valence-corrected chi connectivity index (χ4v) is 4.85. The van der Waals surface area contributed by atoms with Crippen LogP contribution in [0.4, 0.5) is 15.9 Å². The van der Waals surface area contributed by atoms with Crippen molar-refractivity contribution in [2.24, 2.45) is 0 Å². The molecule has 0 unspecified atom stereocenters. The van der Waals surface area contributed by atoms with Crippen LogP contribution in [0.25, 0.3) is 21.0 Å². The van der Waals surface area contributed by atoms with Crippen molar-refractivity contribution in [2.75, 3.05) is 11.1 Å². The Labute approximate surface area is 197 Å². The first-order valence-corrected chi connectivity index (χ1v) is 11.3. The van der Waals surface area contributed by atoms with Crippen molar-refractivity contribution in [3.63, 3.8) is 0 Å². The molecule has 6 nitrogen and oxygen atoms in total. The lowest BCUT2D eigenvalue weighted by Crippen LogP contribution is -2.13. The Kier molecular flexibility index (Phi) is 5.39. The van der Waals surface area contributed by atoms with Gasteiger partial charge in [-0.2, -0.15) is 0 Å². The number of aryl methyl sites for hydroxylation is 1. The maximum atomic E-state index is 14.4. The molecular weight excluding hydrogens is 461 g/mol. The van der Waals surface area contributed by atoms with E-state index in [-0.39, 0.29) is 11.7 Å². The summed E-state index contributed by atoms with van der Waals surface area (Å²) in [6, 6.07) is 10.3. The van der Waals surface area contributed by atoms with Crippen LogP contribution in [-0.2, 0) is 6.42 Å². The summed E-state index contributed by atoms with van der Waals surface area (Å²) in [5.41, 5.74) is 9.60. The van der Waals surface area contributed by atoms with Crippen molar-refractivity contribution < 1.29 is 9.18 Å². The summed E-state index contributed by atoms with van der Waals surface area (Å²) in [4.78, 5) is 25.8. The number of rotatable bonds is 4. The second-order valence-electron chi connectivity index (χ2n) is 7.56. The minimum atomic E-state index is -0.382. The van der Waals surface area contributed by atoms with E-state index in [1.807, 2.05) is 25.1 Å². The smallest absolute Gasteiger partial charge is 0.258 e. The van der Waals surface area contributed by atoms with Crippen LogP contribution in [0.3, 0.4) is 0 Å². The van der Waals surface area contributed by atoms with Gasteiger partial charge in [0.1, 0.15) is 18.0 Å². The number of benzene rings is 2. The molecule has 0 saturated carbocycles. The molecule has 3 aromatic heterocycles. The zero-order valence-corrected chi connectivity index (χ0v) is 19.0. The first-order chi connectivity index (χ1) is 15.9. The highest BCUT2D eigenvalue weighted by Gasteiger charge is 2.18. The van der Waals surface area contributed by atoms with Crippen LogP contribution in [0.5, 0.6) is 0 Å². The third kappa shape index (κ3) is 3.88. The fourth-order valence-electron chi connectivity index (χ4n) is 3.79. The molecule has 0 aliphatic carbocycles. The lowest BCUT2D eigenvalue weighted by Gasteiger charge is -2.14. The molecule has 0 fully saturated rings. The van der Waals surface area contributed by atoms with E-state index in [1.54, 1.807) is 23.7 Å². The third-order valence-electron chi connectivity index (χ3n) is 5.47. The molecule has 0 aliphatic heterocycles. The van der Waals surface area contributed by atoms with Crippen LogP contribution in [0.2, 0.25) is 5.02 Å². The number of nitrogens with one attached hydrogen (secondary N) is 1. The number of carbonyl (C=O) groups excluding carboxylic acids is 1. The molecule has 164 valence electrons. The average Bonchev–Trinajstić information content (AvgIpc) is 3.23. The van der Waals surface area contributed by atoms with Gasteiger partial charge < -0.3 is 11.1 Å². The molecular formula is C24H17ClFN5OS. The zero-order valence-electron chi connectivity index (χ0n) is 17.4. The highest BCUT2D eigenvalue weighted by molar-refractivity contribution is 7.18. The summed E-state index contributed by atoms with van der Waals surface area (Å²) in [5, 5.41) is 6.74. The maximum Gasteiger partial charge on any atom is 0.258 e. The molecule has 5 rings (SSSR count). The summed E-state index contributed by atoms with van der Waals surface area (Å²) in [7, 11) is 0. The van der Waals surface area contributed by atoms with E-state index < -0.39 is 0 Å². The first-order valence-electron chi connectivity index (χ1n) is 10.0. The molecule has 0 aliphatic rings. The van der Waals surface area contributed by atoms with Gasteiger partial charge >= 0.3 is 0 Å². The van der Waals surface area contributed by atoms with Gasteiger partial charge in [0.15, 0.2) is 0 Å². The topological polar surface area (TPSA) is 93.8 Å². The van der Waals surface area contributed by atoms with E-state index in [2.05, 4.69) is 20.3 Å². The SMILES string of the molecule is Cc1ccc2c(Cc3ccc(Cl)cc3F)nccc2c1NC(=O)c1csc2c(N)ncnc12. The van der Waals surface area contributed by atoms with E-state index in [0.717, 1.165) is 16.3 Å². The highest BCUT2D eigenvalue weighted by Crippen LogP contribution is 2.32. The van der Waals surface area contributed by atoms with Crippen molar-refractivity contribution in [3.8, 4) is 0 Å². The minimum Gasteiger partial charge on any atom is -0.382 e. The quantitative estimate of drug-likeness (QED) is 0.343. The fraction of sp³-hybridized carbons (Fsp3) is 0.0833. The standard InChI is InChI=1S/C24H17ClFN5OS/c1-12-2-5-15-16(6-7-28-19(15)8-13-3-4-14(25)9-18(13)26)20(12)31-24(32)17-10-33-22-21(17)29-11-30-23(22)27/h2-7,9-11H,8H2,1H3,(H,31,32)(H2,27,29,30). The number of nitrogens with two attached hydrogens (primary N) is 1. The summed E-state index contributed by atoms with van der Waals surface area (Å²) in [6.07, 6.45) is 3.30. The van der Waals surface area contributed by atoms with E-state index in [1.165, 1.54) is 23.7 Å². The van der Waals surface area contributed by atoms with Crippen LogP contribution in [0, 0.1) is 12.7 Å². The Morgan fingerprint density at radius 2 is 2.00 bits per heavy atom. The Hall–Kier alpha value is -3.62. The van der Waals surface area contributed by atoms with Gasteiger partial charge in [-0.25, -0.2) is 14.4 Å². The van der Waals surface area contributed by atoms with Gasteiger partial charge in [-0.15, -0.1) is 11.3 Å². The molecule has 0 saturated heterocycles. The number of anilines is 2. The van der Waals surface area contributed by atoms with Crippen molar-refractivity contribution in [2.45, 2.75) is 13.3 Å². The van der Waals surface area contributed by atoms with Gasteiger partial charge in [0.05, 0.1) is 27.2 Å². The van der Waals surface area contributed by atoms with Crippen molar-refractivity contribution in [1.82, 2.24) is 15.0 Å². The van der Waals surface area contributed by atoms with Crippen molar-refractivity contribution in [3.05, 3.63) is 87.5 Å². The predicted molar refractivity (Wildman–Crippen MR) is 130 cm³/mol. The van der Waals surface area contributed by atoms with Gasteiger partial charge in [0.2, 0.25) is 0 Å². The molecule has 3 heterocycles. The Balaban J connectivity index is 1.54. The zero-order chi connectivity index (χ0) is 23.1. The minimum absolute atomic E-state index is 0.294. The number of aromatic nitrogens is 3. The number of nitrogens with zero attached hydrogens (tertiary/aromatic N) is 3. The van der Waals surface area contributed by atoms with E-state index in [0.29, 0.717) is 50.0 Å². The van der Waals surface area contributed by atoms with Crippen LogP contribution in [0.15, 0.2) is 54.3 Å². The molecule has 0 radical (unpaired) electrons. The van der Waals surface area contributed by atoms with Crippen molar-refractivity contribution >= 4 is 61.3 Å². The largest absolute Gasteiger partial charge is 0.382 e. The Bertz CT molecular complexity index is 1550. The molecule has 2 aromatic carbocycles. The monoisotopic (exact) mass is 477 g/mol. The average molecular weight is 478 g/mol. The Morgan fingerprint density at radius 3 is 2.82 bits per heavy atom. The number of thiophene rings is 1. The number of hydrogen-bond donors (Lipinski definition) is 2. The van der Waals surface area contributed by atoms with Crippen LogP contribution in [-0.4, -0.2) is 20.9 Å². The number of amides is 1. The molecule has 9 heteroatoms. The number of pyridine rings is 1. The summed E-state index contributed by atoms with van der Waals surface area (Å²) in [5.74, 6) is -0.333. The van der Waals surface area contributed by atoms with Gasteiger partial charge in [-0.3, -0.25) is 9.78 Å². The van der Waals surface area contributed by atoms with Crippen LogP contribution < -0.4 is 11.1 Å². The second-order valence-corrected chi connectivity index (χ2v) is 8.88.